The largest absolute Gasteiger partial charge is 0.350 e. The van der Waals surface area contributed by atoms with Crippen LogP contribution in [0, 0.1) is 6.92 Å². The summed E-state index contributed by atoms with van der Waals surface area (Å²) >= 11 is 0. The second-order valence-electron chi connectivity index (χ2n) is 5.62. The van der Waals surface area contributed by atoms with E-state index in [9.17, 15) is 9.59 Å². The van der Waals surface area contributed by atoms with Gasteiger partial charge in [-0.15, -0.1) is 0 Å². The minimum Gasteiger partial charge on any atom is -0.350 e. The predicted octanol–water partition coefficient (Wildman–Crippen LogP) is 1.27. The number of hydrogen-bond donors (Lipinski definition) is 1. The number of amides is 2. The molecule has 0 unspecified atom stereocenters. The minimum absolute atomic E-state index is 0.0610. The molecule has 1 saturated carbocycles. The number of hydrogen-bond acceptors (Lipinski definition) is 3. The first-order valence-electron chi connectivity index (χ1n) is 7.19. The van der Waals surface area contributed by atoms with Gasteiger partial charge in [0.2, 0.25) is 5.91 Å². The molecule has 3 rings (SSSR count). The van der Waals surface area contributed by atoms with Gasteiger partial charge in [-0.1, -0.05) is 18.9 Å². The Morgan fingerprint density at radius 2 is 2.15 bits per heavy atom. The van der Waals surface area contributed by atoms with E-state index in [1.165, 1.54) is 0 Å². The lowest BCUT2D eigenvalue weighted by molar-refractivity contribution is -0.127. The number of rotatable bonds is 1. The Balaban J connectivity index is 1.86. The van der Waals surface area contributed by atoms with Crippen molar-refractivity contribution in [2.75, 3.05) is 6.54 Å². The Labute approximate surface area is 118 Å². The Kier molecular flexibility index (Phi) is 3.42. The zero-order chi connectivity index (χ0) is 14.1. The SMILES string of the molecule is Cc1cccc(C(=O)N2CC(=O)N[C@H]3CCCC[C@H]32)n1. The molecule has 1 aromatic rings. The van der Waals surface area contributed by atoms with Crippen molar-refractivity contribution in [2.45, 2.75) is 44.7 Å². The molecule has 0 spiro atoms. The normalized spacial score (nSPS) is 25.9. The Bertz CT molecular complexity index is 544. The summed E-state index contributed by atoms with van der Waals surface area (Å²) in [5, 5.41) is 3.01. The van der Waals surface area contributed by atoms with Crippen molar-refractivity contribution in [3.8, 4) is 0 Å². The first-order chi connectivity index (χ1) is 9.65. The maximum absolute atomic E-state index is 12.6. The number of aryl methyl sites for hydroxylation is 1. The van der Waals surface area contributed by atoms with Crippen LogP contribution >= 0.6 is 0 Å². The summed E-state index contributed by atoms with van der Waals surface area (Å²) < 4.78 is 0. The smallest absolute Gasteiger partial charge is 0.273 e. The van der Waals surface area contributed by atoms with E-state index >= 15 is 0 Å². The molecular weight excluding hydrogens is 254 g/mol. The molecule has 0 bridgehead atoms. The highest BCUT2D eigenvalue weighted by Crippen LogP contribution is 2.26. The van der Waals surface area contributed by atoms with Gasteiger partial charge < -0.3 is 10.2 Å². The van der Waals surface area contributed by atoms with Crippen LogP contribution in [0.5, 0.6) is 0 Å². The molecule has 1 saturated heterocycles. The molecule has 2 heterocycles. The van der Waals surface area contributed by atoms with Crippen LogP contribution in [0.2, 0.25) is 0 Å². The number of carbonyl (C=O) groups is 2. The van der Waals surface area contributed by atoms with Gasteiger partial charge in [-0.3, -0.25) is 9.59 Å². The number of pyridine rings is 1. The number of piperazine rings is 1. The van der Waals surface area contributed by atoms with Gasteiger partial charge in [0, 0.05) is 11.7 Å². The number of carbonyl (C=O) groups excluding carboxylic acids is 2. The van der Waals surface area contributed by atoms with E-state index in [1.807, 2.05) is 19.1 Å². The summed E-state index contributed by atoms with van der Waals surface area (Å²) in [6.45, 7) is 2.01. The molecule has 5 nitrogen and oxygen atoms in total. The summed E-state index contributed by atoms with van der Waals surface area (Å²) in [6, 6.07) is 5.65. The van der Waals surface area contributed by atoms with Crippen LogP contribution in [0.15, 0.2) is 18.2 Å². The van der Waals surface area contributed by atoms with Gasteiger partial charge in [0.1, 0.15) is 12.2 Å². The van der Waals surface area contributed by atoms with E-state index < -0.39 is 0 Å². The summed E-state index contributed by atoms with van der Waals surface area (Å²) in [4.78, 5) is 30.4. The molecule has 1 aliphatic heterocycles. The van der Waals surface area contributed by atoms with E-state index in [1.54, 1.807) is 11.0 Å². The van der Waals surface area contributed by atoms with Crippen molar-refractivity contribution in [3.63, 3.8) is 0 Å². The molecule has 2 fully saturated rings. The lowest BCUT2D eigenvalue weighted by Gasteiger charge is -2.43. The van der Waals surface area contributed by atoms with Crippen LogP contribution in [-0.4, -0.2) is 40.3 Å². The third kappa shape index (κ3) is 2.40. The zero-order valence-electron chi connectivity index (χ0n) is 11.6. The minimum atomic E-state index is -0.125. The topological polar surface area (TPSA) is 62.3 Å². The molecule has 2 aliphatic rings. The fraction of sp³-hybridized carbons (Fsp3) is 0.533. The van der Waals surface area contributed by atoms with Crippen molar-refractivity contribution in [2.24, 2.45) is 0 Å². The van der Waals surface area contributed by atoms with Gasteiger partial charge in [0.05, 0.1) is 6.04 Å². The highest BCUT2D eigenvalue weighted by Gasteiger charge is 2.39. The Morgan fingerprint density at radius 1 is 1.35 bits per heavy atom. The molecule has 2 amide bonds. The van der Waals surface area contributed by atoms with Gasteiger partial charge in [-0.2, -0.15) is 0 Å². The van der Waals surface area contributed by atoms with Gasteiger partial charge >= 0.3 is 0 Å². The van der Waals surface area contributed by atoms with Crippen LogP contribution in [0.25, 0.3) is 0 Å². The maximum atomic E-state index is 12.6. The van der Waals surface area contributed by atoms with Crippen LogP contribution in [0.3, 0.4) is 0 Å². The summed E-state index contributed by atoms with van der Waals surface area (Å²) in [6.07, 6.45) is 4.15. The van der Waals surface area contributed by atoms with Crippen molar-refractivity contribution in [1.29, 1.82) is 0 Å². The average Bonchev–Trinajstić information content (AvgIpc) is 2.45. The third-order valence-electron chi connectivity index (χ3n) is 4.16. The van der Waals surface area contributed by atoms with E-state index in [0.717, 1.165) is 31.4 Å². The lowest BCUT2D eigenvalue weighted by Crippen LogP contribution is -2.63. The molecule has 1 aliphatic carbocycles. The quantitative estimate of drug-likeness (QED) is 0.838. The molecule has 106 valence electrons. The predicted molar refractivity (Wildman–Crippen MR) is 74.2 cm³/mol. The summed E-state index contributed by atoms with van der Waals surface area (Å²) in [7, 11) is 0. The molecule has 5 heteroatoms. The molecule has 2 atom stereocenters. The standard InChI is InChI=1S/C15H19N3O2/c1-10-5-4-7-12(16-10)15(20)18-9-14(19)17-11-6-2-3-8-13(11)18/h4-5,7,11,13H,2-3,6,8-9H2,1H3,(H,17,19)/t11-,13+/m0/s1. The van der Waals surface area contributed by atoms with Gasteiger partial charge in [-0.25, -0.2) is 4.98 Å². The zero-order valence-corrected chi connectivity index (χ0v) is 11.6. The Hall–Kier alpha value is -1.91. The Morgan fingerprint density at radius 3 is 2.95 bits per heavy atom. The first kappa shape index (κ1) is 13.1. The monoisotopic (exact) mass is 273 g/mol. The fourth-order valence-electron chi connectivity index (χ4n) is 3.21. The molecule has 20 heavy (non-hydrogen) atoms. The van der Waals surface area contributed by atoms with E-state index in [0.29, 0.717) is 5.69 Å². The third-order valence-corrected chi connectivity index (χ3v) is 4.16. The van der Waals surface area contributed by atoms with Crippen LogP contribution in [0.4, 0.5) is 0 Å². The van der Waals surface area contributed by atoms with Gasteiger partial charge in [-0.05, 0) is 31.9 Å². The van der Waals surface area contributed by atoms with Crippen molar-refractivity contribution in [1.82, 2.24) is 15.2 Å². The molecule has 0 aromatic carbocycles. The molecule has 1 N–H and O–H groups in total. The van der Waals surface area contributed by atoms with Crippen molar-refractivity contribution < 1.29 is 9.59 Å². The van der Waals surface area contributed by atoms with E-state index in [-0.39, 0.29) is 30.4 Å². The highest BCUT2D eigenvalue weighted by atomic mass is 16.2. The fourth-order valence-corrected chi connectivity index (χ4v) is 3.21. The first-order valence-corrected chi connectivity index (χ1v) is 7.19. The van der Waals surface area contributed by atoms with Crippen LogP contribution < -0.4 is 5.32 Å². The van der Waals surface area contributed by atoms with Crippen molar-refractivity contribution in [3.05, 3.63) is 29.6 Å². The summed E-state index contributed by atoms with van der Waals surface area (Å²) in [5.74, 6) is -0.186. The molecule has 1 aromatic heterocycles. The number of fused-ring (bicyclic) bond motifs is 1. The van der Waals surface area contributed by atoms with E-state index in [2.05, 4.69) is 10.3 Å². The lowest BCUT2D eigenvalue weighted by atomic mass is 9.87. The average molecular weight is 273 g/mol. The second kappa shape index (κ2) is 5.23. The van der Waals surface area contributed by atoms with Gasteiger partial charge in [0.25, 0.3) is 5.91 Å². The number of nitrogens with one attached hydrogen (secondary N) is 1. The number of nitrogens with zero attached hydrogens (tertiary/aromatic N) is 2. The van der Waals surface area contributed by atoms with Crippen LogP contribution in [-0.2, 0) is 4.79 Å². The van der Waals surface area contributed by atoms with E-state index in [4.69, 9.17) is 0 Å². The van der Waals surface area contributed by atoms with Gasteiger partial charge in [0.15, 0.2) is 0 Å². The summed E-state index contributed by atoms with van der Waals surface area (Å²) in [5.41, 5.74) is 1.25. The van der Waals surface area contributed by atoms with Crippen LogP contribution in [0.1, 0.15) is 41.9 Å². The maximum Gasteiger partial charge on any atom is 0.273 e. The highest BCUT2D eigenvalue weighted by molar-refractivity contribution is 5.96. The molecular formula is C15H19N3O2. The second-order valence-corrected chi connectivity index (χ2v) is 5.62. The number of aromatic nitrogens is 1. The van der Waals surface area contributed by atoms with Crippen molar-refractivity contribution >= 4 is 11.8 Å². The molecule has 0 radical (unpaired) electrons.